The number of thiophene rings is 1. The van der Waals surface area contributed by atoms with Gasteiger partial charge in [0.2, 0.25) is 0 Å². The second-order valence-corrected chi connectivity index (χ2v) is 7.75. The zero-order valence-electron chi connectivity index (χ0n) is 13.0. The Balaban J connectivity index is 1.79. The molecule has 1 aromatic carbocycles. The van der Waals surface area contributed by atoms with Gasteiger partial charge in [-0.1, -0.05) is 47.1 Å². The van der Waals surface area contributed by atoms with Gasteiger partial charge in [0.25, 0.3) is 0 Å². The Morgan fingerprint density at radius 2 is 2.16 bits per heavy atom. The molecule has 0 aliphatic heterocycles. The Morgan fingerprint density at radius 1 is 1.32 bits per heavy atom. The van der Waals surface area contributed by atoms with Gasteiger partial charge >= 0.3 is 0 Å². The van der Waals surface area contributed by atoms with Crippen molar-refractivity contribution in [3.63, 3.8) is 0 Å². The van der Waals surface area contributed by atoms with Crippen LogP contribution in [-0.4, -0.2) is 26.3 Å². The Hall–Kier alpha value is -1.60. The third kappa shape index (κ3) is 4.15. The highest BCUT2D eigenvalue weighted by Gasteiger charge is 2.17. The maximum Gasteiger partial charge on any atom is 0.192 e. The fourth-order valence-electron chi connectivity index (χ4n) is 2.20. The number of carbonyl (C=O) groups is 1. The number of aromatic nitrogens is 3. The summed E-state index contributed by atoms with van der Waals surface area (Å²) >= 11 is 14.9. The van der Waals surface area contributed by atoms with Gasteiger partial charge in [-0.25, -0.2) is 0 Å². The zero-order chi connectivity index (χ0) is 17.8. The molecule has 0 radical (unpaired) electrons. The number of Topliss-reactive ketones (excluding diaryl/α,β-unsaturated/α-hetero) is 1. The van der Waals surface area contributed by atoms with Crippen molar-refractivity contribution in [1.82, 2.24) is 14.8 Å². The quantitative estimate of drug-likeness (QED) is 0.294. The third-order valence-corrected chi connectivity index (χ3v) is 5.71. The second-order valence-electron chi connectivity index (χ2n) is 5.02. The topological polar surface area (TPSA) is 47.8 Å². The smallest absolute Gasteiger partial charge is 0.192 e. The molecule has 0 amide bonds. The van der Waals surface area contributed by atoms with Crippen molar-refractivity contribution in [2.45, 2.75) is 11.7 Å². The summed E-state index contributed by atoms with van der Waals surface area (Å²) < 4.78 is 1.94. The molecule has 0 saturated carbocycles. The molecule has 0 spiro atoms. The molecule has 0 aliphatic rings. The number of hydrogen-bond acceptors (Lipinski definition) is 5. The van der Waals surface area contributed by atoms with Crippen LogP contribution in [-0.2, 0) is 6.54 Å². The number of thioether (sulfide) groups is 1. The van der Waals surface area contributed by atoms with Gasteiger partial charge < -0.3 is 0 Å². The summed E-state index contributed by atoms with van der Waals surface area (Å²) in [4.78, 5) is 13.5. The molecular formula is C17H13Cl2N3OS2. The molecule has 2 heterocycles. The van der Waals surface area contributed by atoms with Crippen LogP contribution in [0, 0.1) is 0 Å². The maximum atomic E-state index is 12.4. The number of ketones is 1. The van der Waals surface area contributed by atoms with E-state index in [0.29, 0.717) is 27.3 Å². The second kappa shape index (κ2) is 8.19. The van der Waals surface area contributed by atoms with E-state index in [0.717, 1.165) is 10.7 Å². The Bertz CT molecular complexity index is 907. The van der Waals surface area contributed by atoms with Crippen molar-refractivity contribution in [3.05, 3.63) is 64.0 Å². The van der Waals surface area contributed by atoms with E-state index in [1.807, 2.05) is 22.1 Å². The first-order chi connectivity index (χ1) is 12.1. The van der Waals surface area contributed by atoms with Crippen LogP contribution < -0.4 is 0 Å². The minimum Gasteiger partial charge on any atom is -0.297 e. The molecule has 25 heavy (non-hydrogen) atoms. The molecule has 128 valence electrons. The molecule has 3 rings (SSSR count). The molecule has 0 atom stereocenters. The van der Waals surface area contributed by atoms with Crippen LogP contribution >= 0.6 is 46.3 Å². The molecule has 4 nitrogen and oxygen atoms in total. The Morgan fingerprint density at radius 3 is 2.84 bits per heavy atom. The lowest BCUT2D eigenvalue weighted by atomic mass is 10.1. The van der Waals surface area contributed by atoms with E-state index < -0.39 is 0 Å². The van der Waals surface area contributed by atoms with E-state index in [1.54, 1.807) is 35.6 Å². The van der Waals surface area contributed by atoms with Crippen LogP contribution in [0.2, 0.25) is 10.0 Å². The van der Waals surface area contributed by atoms with Gasteiger partial charge in [0, 0.05) is 17.1 Å². The van der Waals surface area contributed by atoms with Crippen molar-refractivity contribution >= 4 is 52.1 Å². The standard InChI is InChI=1S/C17H13Cl2N3OS2/c1-2-7-22-16(15-4-3-8-24-15)20-21-17(22)25-10-14(23)12-6-5-11(18)9-13(12)19/h2-6,8-9H,1,7,10H2. The Labute approximate surface area is 163 Å². The lowest BCUT2D eigenvalue weighted by Gasteiger charge is -2.07. The average molecular weight is 410 g/mol. The van der Waals surface area contributed by atoms with E-state index in [2.05, 4.69) is 16.8 Å². The number of allylic oxidation sites excluding steroid dienone is 1. The first-order valence-electron chi connectivity index (χ1n) is 7.29. The molecule has 0 N–H and O–H groups in total. The van der Waals surface area contributed by atoms with Crippen molar-refractivity contribution < 1.29 is 4.79 Å². The summed E-state index contributed by atoms with van der Waals surface area (Å²) in [5, 5.41) is 12.0. The first kappa shape index (κ1) is 18.2. The summed E-state index contributed by atoms with van der Waals surface area (Å²) in [6, 6.07) is 8.81. The van der Waals surface area contributed by atoms with Gasteiger partial charge in [-0.15, -0.1) is 28.1 Å². The highest BCUT2D eigenvalue weighted by atomic mass is 35.5. The fraction of sp³-hybridized carbons (Fsp3) is 0.118. The predicted octanol–water partition coefficient (Wildman–Crippen LogP) is 5.47. The molecule has 8 heteroatoms. The number of hydrogen-bond donors (Lipinski definition) is 0. The van der Waals surface area contributed by atoms with Crippen LogP contribution in [0.5, 0.6) is 0 Å². The molecule has 3 aromatic rings. The summed E-state index contributed by atoms with van der Waals surface area (Å²) in [5.74, 6) is 0.896. The van der Waals surface area contributed by atoms with Crippen molar-refractivity contribution in [2.75, 3.05) is 5.75 Å². The highest BCUT2D eigenvalue weighted by Crippen LogP contribution is 2.28. The van der Waals surface area contributed by atoms with E-state index in [-0.39, 0.29) is 11.5 Å². The lowest BCUT2D eigenvalue weighted by Crippen LogP contribution is -2.06. The lowest BCUT2D eigenvalue weighted by molar-refractivity contribution is 0.102. The van der Waals surface area contributed by atoms with E-state index >= 15 is 0 Å². The van der Waals surface area contributed by atoms with Crippen molar-refractivity contribution in [1.29, 1.82) is 0 Å². The SMILES string of the molecule is C=CCn1c(SCC(=O)c2ccc(Cl)cc2Cl)nnc1-c1cccs1. The van der Waals surface area contributed by atoms with Crippen LogP contribution in [0.1, 0.15) is 10.4 Å². The predicted molar refractivity (Wildman–Crippen MR) is 105 cm³/mol. The molecule has 0 bridgehead atoms. The van der Waals surface area contributed by atoms with Crippen LogP contribution in [0.4, 0.5) is 0 Å². The maximum absolute atomic E-state index is 12.4. The molecule has 0 unspecified atom stereocenters. The number of nitrogens with zero attached hydrogens (tertiary/aromatic N) is 3. The molecule has 2 aromatic heterocycles. The summed E-state index contributed by atoms with van der Waals surface area (Å²) in [7, 11) is 0. The Kier molecular flexibility index (Phi) is 5.96. The normalized spacial score (nSPS) is 10.8. The largest absolute Gasteiger partial charge is 0.297 e. The van der Waals surface area contributed by atoms with Crippen LogP contribution in [0.3, 0.4) is 0 Å². The minimum absolute atomic E-state index is 0.0857. The number of rotatable bonds is 7. The van der Waals surface area contributed by atoms with Crippen LogP contribution in [0.15, 0.2) is 53.5 Å². The molecule has 0 fully saturated rings. The third-order valence-electron chi connectivity index (χ3n) is 3.33. The van der Waals surface area contributed by atoms with Gasteiger partial charge in [0.05, 0.1) is 15.7 Å². The summed E-state index contributed by atoms with van der Waals surface area (Å²) in [6.07, 6.45) is 1.78. The highest BCUT2D eigenvalue weighted by molar-refractivity contribution is 7.99. The van der Waals surface area contributed by atoms with Gasteiger partial charge in [-0.3, -0.25) is 9.36 Å². The zero-order valence-corrected chi connectivity index (χ0v) is 16.1. The molecule has 0 aliphatic carbocycles. The monoisotopic (exact) mass is 409 g/mol. The van der Waals surface area contributed by atoms with Gasteiger partial charge in [0.1, 0.15) is 0 Å². The molecular weight excluding hydrogens is 397 g/mol. The first-order valence-corrected chi connectivity index (χ1v) is 9.91. The summed E-state index contributed by atoms with van der Waals surface area (Å²) in [6.45, 7) is 4.35. The van der Waals surface area contributed by atoms with Gasteiger partial charge in [-0.2, -0.15) is 0 Å². The number of carbonyl (C=O) groups excluding carboxylic acids is 1. The van der Waals surface area contributed by atoms with E-state index in [1.165, 1.54) is 11.8 Å². The molecule has 0 saturated heterocycles. The van der Waals surface area contributed by atoms with Crippen molar-refractivity contribution in [3.8, 4) is 10.7 Å². The number of halogens is 2. The average Bonchev–Trinajstić information content (AvgIpc) is 3.22. The van der Waals surface area contributed by atoms with Gasteiger partial charge in [-0.05, 0) is 29.6 Å². The van der Waals surface area contributed by atoms with E-state index in [9.17, 15) is 4.79 Å². The van der Waals surface area contributed by atoms with E-state index in [4.69, 9.17) is 23.2 Å². The van der Waals surface area contributed by atoms with Gasteiger partial charge in [0.15, 0.2) is 16.8 Å². The number of benzene rings is 1. The summed E-state index contributed by atoms with van der Waals surface area (Å²) in [5.41, 5.74) is 0.451. The fourth-order valence-corrected chi connectivity index (χ4v) is 4.26. The minimum atomic E-state index is -0.0857. The van der Waals surface area contributed by atoms with Crippen LogP contribution in [0.25, 0.3) is 10.7 Å². The van der Waals surface area contributed by atoms with Crippen molar-refractivity contribution in [2.24, 2.45) is 0 Å².